The maximum absolute atomic E-state index is 13.0. The molecule has 90 valence electrons. The molecule has 0 radical (unpaired) electrons. The molecule has 0 aliphatic rings. The van der Waals surface area contributed by atoms with Gasteiger partial charge in [0.05, 0.1) is 12.7 Å². The molecule has 0 saturated carbocycles. The van der Waals surface area contributed by atoms with E-state index in [1.807, 2.05) is 0 Å². The van der Waals surface area contributed by atoms with Crippen LogP contribution in [-0.2, 0) is 0 Å². The molecule has 1 unspecified atom stereocenters. The van der Waals surface area contributed by atoms with Gasteiger partial charge < -0.3 is 9.84 Å². The molecule has 0 aliphatic heterocycles. The van der Waals surface area contributed by atoms with E-state index in [0.29, 0.717) is 23.8 Å². The van der Waals surface area contributed by atoms with E-state index in [1.165, 1.54) is 12.1 Å². The highest BCUT2D eigenvalue weighted by Crippen LogP contribution is 2.26. The summed E-state index contributed by atoms with van der Waals surface area (Å²) in [7, 11) is 0. The summed E-state index contributed by atoms with van der Waals surface area (Å²) in [5.74, 6) is 0.777. The van der Waals surface area contributed by atoms with Gasteiger partial charge in [0.15, 0.2) is 0 Å². The monoisotopic (exact) mass is 226 g/mol. The molecule has 0 amide bonds. The topological polar surface area (TPSA) is 29.5 Å². The molecule has 0 aromatic heterocycles. The molecule has 0 bridgehead atoms. The van der Waals surface area contributed by atoms with Gasteiger partial charge in [0.2, 0.25) is 0 Å². The predicted molar refractivity (Wildman–Crippen MR) is 62.0 cm³/mol. The minimum absolute atomic E-state index is 0.355. The second kappa shape index (κ2) is 5.85. The van der Waals surface area contributed by atoms with Crippen molar-refractivity contribution in [2.24, 2.45) is 5.92 Å². The highest BCUT2D eigenvalue weighted by Gasteiger charge is 2.10. The molecular formula is C13H19FO2. The largest absolute Gasteiger partial charge is 0.493 e. The fourth-order valence-electron chi connectivity index (χ4n) is 1.38. The summed E-state index contributed by atoms with van der Waals surface area (Å²) < 4.78 is 18.5. The van der Waals surface area contributed by atoms with Crippen LogP contribution in [0.3, 0.4) is 0 Å². The number of aliphatic hydroxyl groups excluding tert-OH is 1. The predicted octanol–water partition coefficient (Wildman–Crippen LogP) is 3.30. The lowest BCUT2D eigenvalue weighted by atomic mass is 10.1. The van der Waals surface area contributed by atoms with Crippen molar-refractivity contribution < 1.29 is 14.2 Å². The minimum Gasteiger partial charge on any atom is -0.493 e. The lowest BCUT2D eigenvalue weighted by molar-refractivity contribution is 0.189. The van der Waals surface area contributed by atoms with E-state index < -0.39 is 6.10 Å². The zero-order valence-electron chi connectivity index (χ0n) is 10.0. The smallest absolute Gasteiger partial charge is 0.125 e. The molecule has 2 nitrogen and oxygen atoms in total. The van der Waals surface area contributed by atoms with Crippen molar-refractivity contribution in [3.8, 4) is 5.75 Å². The summed E-state index contributed by atoms with van der Waals surface area (Å²) in [5, 5.41) is 9.49. The average Bonchev–Trinajstić information content (AvgIpc) is 2.19. The van der Waals surface area contributed by atoms with Crippen molar-refractivity contribution in [3.63, 3.8) is 0 Å². The van der Waals surface area contributed by atoms with E-state index in [2.05, 4.69) is 13.8 Å². The summed E-state index contributed by atoms with van der Waals surface area (Å²) in [6.45, 7) is 6.42. The van der Waals surface area contributed by atoms with Crippen molar-refractivity contribution >= 4 is 0 Å². The SMILES string of the molecule is CC(C)CCOc1ccc(F)cc1C(C)O. The highest BCUT2D eigenvalue weighted by atomic mass is 19.1. The van der Waals surface area contributed by atoms with Crippen LogP contribution in [0.1, 0.15) is 38.9 Å². The van der Waals surface area contributed by atoms with E-state index in [0.717, 1.165) is 6.42 Å². The minimum atomic E-state index is -0.718. The van der Waals surface area contributed by atoms with Gasteiger partial charge in [-0.25, -0.2) is 4.39 Å². The van der Waals surface area contributed by atoms with Gasteiger partial charge in [-0.3, -0.25) is 0 Å². The Bertz CT molecular complexity index is 335. The van der Waals surface area contributed by atoms with Crippen molar-refractivity contribution in [1.82, 2.24) is 0 Å². The maximum atomic E-state index is 13.0. The summed E-state index contributed by atoms with van der Waals surface area (Å²) in [6, 6.07) is 4.23. The Morgan fingerprint density at radius 3 is 2.56 bits per heavy atom. The number of aliphatic hydroxyl groups is 1. The number of ether oxygens (including phenoxy) is 1. The Kier molecular flexibility index (Phi) is 4.74. The highest BCUT2D eigenvalue weighted by molar-refractivity contribution is 5.35. The van der Waals surface area contributed by atoms with E-state index in [4.69, 9.17) is 4.74 Å². The van der Waals surface area contributed by atoms with Crippen LogP contribution in [0, 0.1) is 11.7 Å². The zero-order valence-corrected chi connectivity index (χ0v) is 10.0. The molecular weight excluding hydrogens is 207 g/mol. The third kappa shape index (κ3) is 3.81. The first kappa shape index (κ1) is 13.0. The fraction of sp³-hybridized carbons (Fsp3) is 0.538. The third-order valence-electron chi connectivity index (χ3n) is 2.37. The summed E-state index contributed by atoms with van der Waals surface area (Å²) in [5.41, 5.74) is 0.503. The Hall–Kier alpha value is -1.09. The van der Waals surface area contributed by atoms with Gasteiger partial charge in [0, 0.05) is 5.56 Å². The first-order valence-corrected chi connectivity index (χ1v) is 5.61. The van der Waals surface area contributed by atoms with Gasteiger partial charge in [0.25, 0.3) is 0 Å². The molecule has 0 spiro atoms. The molecule has 0 saturated heterocycles. The molecule has 1 aromatic carbocycles. The molecule has 0 heterocycles. The van der Waals surface area contributed by atoms with Crippen LogP contribution in [-0.4, -0.2) is 11.7 Å². The van der Waals surface area contributed by atoms with Crippen molar-refractivity contribution in [3.05, 3.63) is 29.6 Å². The molecule has 1 N–H and O–H groups in total. The van der Waals surface area contributed by atoms with Crippen LogP contribution < -0.4 is 4.74 Å². The van der Waals surface area contributed by atoms with E-state index in [9.17, 15) is 9.50 Å². The van der Waals surface area contributed by atoms with Crippen molar-refractivity contribution in [2.75, 3.05) is 6.61 Å². The first-order valence-electron chi connectivity index (χ1n) is 5.61. The Morgan fingerprint density at radius 2 is 2.00 bits per heavy atom. The summed E-state index contributed by atoms with van der Waals surface area (Å²) in [6.07, 6.45) is 0.223. The molecule has 16 heavy (non-hydrogen) atoms. The molecule has 0 aliphatic carbocycles. The molecule has 1 aromatic rings. The van der Waals surface area contributed by atoms with Gasteiger partial charge in [0.1, 0.15) is 11.6 Å². The standard InChI is InChI=1S/C13H19FO2/c1-9(2)6-7-16-13-5-4-11(14)8-12(13)10(3)15/h4-5,8-10,15H,6-7H2,1-3H3. The van der Waals surface area contributed by atoms with Crippen LogP contribution in [0.25, 0.3) is 0 Å². The van der Waals surface area contributed by atoms with Crippen LogP contribution in [0.2, 0.25) is 0 Å². The Morgan fingerprint density at radius 1 is 1.31 bits per heavy atom. The van der Waals surface area contributed by atoms with Gasteiger partial charge >= 0.3 is 0 Å². The fourth-order valence-corrected chi connectivity index (χ4v) is 1.38. The molecule has 1 rings (SSSR count). The van der Waals surface area contributed by atoms with Gasteiger partial charge in [-0.05, 0) is 37.5 Å². The van der Waals surface area contributed by atoms with Crippen molar-refractivity contribution in [2.45, 2.75) is 33.3 Å². The van der Waals surface area contributed by atoms with E-state index >= 15 is 0 Å². The number of benzene rings is 1. The van der Waals surface area contributed by atoms with Gasteiger partial charge in [-0.15, -0.1) is 0 Å². The summed E-state index contributed by atoms with van der Waals surface area (Å²) >= 11 is 0. The maximum Gasteiger partial charge on any atom is 0.125 e. The van der Waals surface area contributed by atoms with Crippen LogP contribution >= 0.6 is 0 Å². The van der Waals surface area contributed by atoms with Crippen LogP contribution in [0.5, 0.6) is 5.75 Å². The van der Waals surface area contributed by atoms with Crippen LogP contribution in [0.15, 0.2) is 18.2 Å². The zero-order chi connectivity index (χ0) is 12.1. The lowest BCUT2D eigenvalue weighted by Gasteiger charge is -2.14. The Balaban J connectivity index is 2.71. The second-order valence-corrected chi connectivity index (χ2v) is 4.39. The number of hydrogen-bond acceptors (Lipinski definition) is 2. The van der Waals surface area contributed by atoms with E-state index in [1.54, 1.807) is 13.0 Å². The first-order chi connectivity index (χ1) is 7.50. The second-order valence-electron chi connectivity index (χ2n) is 4.39. The summed E-state index contributed by atoms with van der Waals surface area (Å²) in [4.78, 5) is 0. The van der Waals surface area contributed by atoms with E-state index in [-0.39, 0.29) is 5.82 Å². The molecule has 3 heteroatoms. The third-order valence-corrected chi connectivity index (χ3v) is 2.37. The molecule has 0 fully saturated rings. The lowest BCUT2D eigenvalue weighted by Crippen LogP contribution is -2.05. The molecule has 1 atom stereocenters. The quantitative estimate of drug-likeness (QED) is 0.834. The van der Waals surface area contributed by atoms with Crippen LogP contribution in [0.4, 0.5) is 4.39 Å². The van der Waals surface area contributed by atoms with Gasteiger partial charge in [-0.2, -0.15) is 0 Å². The number of hydrogen-bond donors (Lipinski definition) is 1. The van der Waals surface area contributed by atoms with Gasteiger partial charge in [-0.1, -0.05) is 13.8 Å². The normalized spacial score (nSPS) is 12.9. The number of halogens is 1. The number of rotatable bonds is 5. The van der Waals surface area contributed by atoms with Crippen molar-refractivity contribution in [1.29, 1.82) is 0 Å². The average molecular weight is 226 g/mol. The Labute approximate surface area is 96.1 Å².